The molecule has 1 fully saturated rings. The Labute approximate surface area is 158 Å². The van der Waals surface area contributed by atoms with E-state index in [9.17, 15) is 14.0 Å². The fraction of sp³-hybridized carbons (Fsp3) is 0.333. The first-order valence-electron chi connectivity index (χ1n) is 8.88. The van der Waals surface area contributed by atoms with E-state index in [-0.39, 0.29) is 30.6 Å². The van der Waals surface area contributed by atoms with Crippen LogP contribution in [0.4, 0.5) is 10.1 Å². The Morgan fingerprint density at radius 1 is 1.22 bits per heavy atom. The summed E-state index contributed by atoms with van der Waals surface area (Å²) >= 11 is 0. The molecule has 0 aromatic heterocycles. The molecule has 6 heteroatoms. The average Bonchev–Trinajstić information content (AvgIpc) is 3.08. The third-order valence-electron chi connectivity index (χ3n) is 5.06. The Balaban J connectivity index is 1.65. The predicted octanol–water partition coefficient (Wildman–Crippen LogP) is 2.86. The second kappa shape index (κ2) is 7.88. The van der Waals surface area contributed by atoms with E-state index in [0.29, 0.717) is 12.1 Å². The van der Waals surface area contributed by atoms with Gasteiger partial charge in [0.25, 0.3) is 0 Å². The van der Waals surface area contributed by atoms with Crippen LogP contribution in [-0.4, -0.2) is 32.0 Å². The fourth-order valence-electron chi connectivity index (χ4n) is 3.31. The van der Waals surface area contributed by atoms with E-state index in [0.717, 1.165) is 5.69 Å². The number of carbonyl (C=O) groups excluding carboxylic acids is 2. The van der Waals surface area contributed by atoms with E-state index in [1.807, 2.05) is 30.3 Å². The van der Waals surface area contributed by atoms with Crippen LogP contribution >= 0.6 is 0 Å². The zero-order valence-corrected chi connectivity index (χ0v) is 15.4. The van der Waals surface area contributed by atoms with Gasteiger partial charge in [-0.1, -0.05) is 36.4 Å². The maximum atomic E-state index is 14.1. The number of methoxy groups -OCH3 is 1. The molecule has 0 bridgehead atoms. The minimum Gasteiger partial charge on any atom is -0.372 e. The Morgan fingerprint density at radius 2 is 1.89 bits per heavy atom. The standard InChI is InChI=1S/C21H23FN2O3/c1-21(27-2,17-10-6-7-11-18(17)22)14-23-20(26)15-12-19(25)24(13-15)16-8-4-3-5-9-16/h3-11,15H,12-14H2,1-2H3,(H,23,26). The fourth-order valence-corrected chi connectivity index (χ4v) is 3.31. The van der Waals surface area contributed by atoms with E-state index in [1.165, 1.54) is 13.2 Å². The highest BCUT2D eigenvalue weighted by molar-refractivity contribution is 6.00. The predicted molar refractivity (Wildman–Crippen MR) is 101 cm³/mol. The molecule has 0 aliphatic carbocycles. The van der Waals surface area contributed by atoms with Crippen LogP contribution in [0.2, 0.25) is 0 Å². The van der Waals surface area contributed by atoms with Crippen LogP contribution < -0.4 is 10.2 Å². The van der Waals surface area contributed by atoms with Crippen LogP contribution in [0, 0.1) is 11.7 Å². The smallest absolute Gasteiger partial charge is 0.227 e. The summed E-state index contributed by atoms with van der Waals surface area (Å²) in [5.41, 5.74) is 0.162. The van der Waals surface area contributed by atoms with Crippen LogP contribution in [0.25, 0.3) is 0 Å². The molecule has 2 atom stereocenters. The van der Waals surface area contributed by atoms with E-state index >= 15 is 0 Å². The van der Waals surface area contributed by atoms with Crippen molar-refractivity contribution in [2.45, 2.75) is 18.9 Å². The first-order chi connectivity index (χ1) is 12.9. The van der Waals surface area contributed by atoms with Gasteiger partial charge in [0.05, 0.1) is 12.5 Å². The first kappa shape index (κ1) is 19.0. The van der Waals surface area contributed by atoms with Crippen molar-refractivity contribution in [2.75, 3.05) is 25.1 Å². The normalized spacial score (nSPS) is 19.0. The molecule has 1 aliphatic heterocycles. The van der Waals surface area contributed by atoms with Gasteiger partial charge in [0.1, 0.15) is 11.4 Å². The van der Waals surface area contributed by atoms with Gasteiger partial charge in [-0.05, 0) is 25.1 Å². The van der Waals surface area contributed by atoms with Crippen molar-refractivity contribution in [2.24, 2.45) is 5.92 Å². The lowest BCUT2D eigenvalue weighted by Crippen LogP contribution is -2.43. The first-order valence-corrected chi connectivity index (χ1v) is 8.88. The molecular weight excluding hydrogens is 347 g/mol. The van der Waals surface area contributed by atoms with E-state index in [4.69, 9.17) is 4.74 Å². The van der Waals surface area contributed by atoms with Crippen molar-refractivity contribution in [1.29, 1.82) is 0 Å². The van der Waals surface area contributed by atoms with Gasteiger partial charge in [0, 0.05) is 31.3 Å². The van der Waals surface area contributed by atoms with Gasteiger partial charge in [-0.25, -0.2) is 4.39 Å². The summed E-state index contributed by atoms with van der Waals surface area (Å²) in [4.78, 5) is 26.5. The molecule has 1 heterocycles. The summed E-state index contributed by atoms with van der Waals surface area (Å²) in [6.07, 6.45) is 0.157. The van der Waals surface area contributed by atoms with Crippen molar-refractivity contribution in [1.82, 2.24) is 5.32 Å². The van der Waals surface area contributed by atoms with Crippen molar-refractivity contribution >= 4 is 17.5 Å². The second-order valence-electron chi connectivity index (χ2n) is 6.87. The molecule has 2 amide bonds. The van der Waals surface area contributed by atoms with Crippen molar-refractivity contribution in [3.63, 3.8) is 0 Å². The zero-order valence-electron chi connectivity index (χ0n) is 15.4. The van der Waals surface area contributed by atoms with Gasteiger partial charge in [0.2, 0.25) is 11.8 Å². The van der Waals surface area contributed by atoms with Gasteiger partial charge in [-0.3, -0.25) is 9.59 Å². The molecule has 0 radical (unpaired) electrons. The maximum absolute atomic E-state index is 14.1. The Hall–Kier alpha value is -2.73. The molecule has 0 spiro atoms. The number of hydrogen-bond acceptors (Lipinski definition) is 3. The van der Waals surface area contributed by atoms with Gasteiger partial charge >= 0.3 is 0 Å². The highest BCUT2D eigenvalue weighted by Crippen LogP contribution is 2.28. The lowest BCUT2D eigenvalue weighted by atomic mass is 9.94. The van der Waals surface area contributed by atoms with Crippen LogP contribution in [0.1, 0.15) is 18.9 Å². The van der Waals surface area contributed by atoms with Crippen molar-refractivity contribution in [3.05, 3.63) is 66.0 Å². The number of anilines is 1. The monoisotopic (exact) mass is 370 g/mol. The molecule has 5 nitrogen and oxygen atoms in total. The van der Waals surface area contributed by atoms with Crippen LogP contribution in [0.3, 0.4) is 0 Å². The Morgan fingerprint density at radius 3 is 2.56 bits per heavy atom. The van der Waals surface area contributed by atoms with E-state index in [1.54, 1.807) is 30.0 Å². The molecule has 2 aromatic carbocycles. The SMILES string of the molecule is COC(C)(CNC(=O)C1CC(=O)N(c2ccccc2)C1)c1ccccc1F. The average molecular weight is 370 g/mol. The minimum absolute atomic E-state index is 0.0787. The van der Waals surface area contributed by atoms with Gasteiger partial charge in [-0.15, -0.1) is 0 Å². The second-order valence-corrected chi connectivity index (χ2v) is 6.87. The van der Waals surface area contributed by atoms with Crippen LogP contribution in [0.5, 0.6) is 0 Å². The molecule has 1 saturated heterocycles. The highest BCUT2D eigenvalue weighted by atomic mass is 19.1. The number of halogens is 1. The lowest BCUT2D eigenvalue weighted by molar-refractivity contribution is -0.127. The molecule has 1 aliphatic rings. The highest BCUT2D eigenvalue weighted by Gasteiger charge is 2.36. The van der Waals surface area contributed by atoms with E-state index in [2.05, 4.69) is 5.32 Å². The number of nitrogens with one attached hydrogen (secondary N) is 1. The molecule has 3 rings (SSSR count). The number of hydrogen-bond donors (Lipinski definition) is 1. The summed E-state index contributed by atoms with van der Waals surface area (Å²) in [5, 5.41) is 2.82. The van der Waals surface area contributed by atoms with E-state index < -0.39 is 11.5 Å². The topological polar surface area (TPSA) is 58.6 Å². The summed E-state index contributed by atoms with van der Waals surface area (Å²) in [5.74, 6) is -1.15. The molecule has 2 unspecified atom stereocenters. The van der Waals surface area contributed by atoms with Crippen molar-refractivity contribution in [3.8, 4) is 0 Å². The summed E-state index contributed by atoms with van der Waals surface area (Å²) < 4.78 is 19.6. The van der Waals surface area contributed by atoms with Gasteiger partial charge in [-0.2, -0.15) is 0 Å². The number of ether oxygens (including phenoxy) is 1. The Kier molecular flexibility index (Phi) is 5.56. The quantitative estimate of drug-likeness (QED) is 0.851. The minimum atomic E-state index is -0.997. The number of amides is 2. The Bertz CT molecular complexity index is 827. The van der Waals surface area contributed by atoms with Crippen LogP contribution in [0.15, 0.2) is 54.6 Å². The van der Waals surface area contributed by atoms with Crippen LogP contribution in [-0.2, 0) is 19.9 Å². The summed E-state index contributed by atoms with van der Waals surface area (Å²) in [6.45, 7) is 2.17. The number of para-hydroxylation sites is 1. The zero-order chi connectivity index (χ0) is 19.4. The summed E-state index contributed by atoms with van der Waals surface area (Å²) in [6, 6.07) is 15.6. The molecule has 27 heavy (non-hydrogen) atoms. The van der Waals surface area contributed by atoms with Crippen molar-refractivity contribution < 1.29 is 18.7 Å². The molecule has 0 saturated carbocycles. The van der Waals surface area contributed by atoms with Gasteiger partial charge in [0.15, 0.2) is 0 Å². The third kappa shape index (κ3) is 4.01. The largest absolute Gasteiger partial charge is 0.372 e. The number of rotatable bonds is 6. The van der Waals surface area contributed by atoms with Gasteiger partial charge < -0.3 is 15.0 Å². The molecule has 142 valence electrons. The number of benzene rings is 2. The molecular formula is C21H23FN2O3. The third-order valence-corrected chi connectivity index (χ3v) is 5.06. The maximum Gasteiger partial charge on any atom is 0.227 e. The lowest BCUT2D eigenvalue weighted by Gasteiger charge is -2.29. The summed E-state index contributed by atoms with van der Waals surface area (Å²) in [7, 11) is 1.48. The molecule has 2 aromatic rings. The molecule has 1 N–H and O–H groups in total. The number of carbonyl (C=O) groups is 2. The number of nitrogens with zero attached hydrogens (tertiary/aromatic N) is 1.